The van der Waals surface area contributed by atoms with Crippen molar-refractivity contribution in [3.8, 4) is 0 Å². The first kappa shape index (κ1) is 17.7. The van der Waals surface area contributed by atoms with Gasteiger partial charge in [-0.25, -0.2) is 0 Å². The van der Waals surface area contributed by atoms with Gasteiger partial charge in [-0.15, -0.1) is 0 Å². The molecule has 2 saturated carbocycles. The molecule has 0 amide bonds. The van der Waals surface area contributed by atoms with Gasteiger partial charge in [0.25, 0.3) is 0 Å². The molecule has 148 valence electrons. The van der Waals surface area contributed by atoms with Gasteiger partial charge in [-0.05, 0) is 109 Å². The van der Waals surface area contributed by atoms with Gasteiger partial charge < -0.3 is 0 Å². The quantitative estimate of drug-likeness (QED) is 0.435. The summed E-state index contributed by atoms with van der Waals surface area (Å²) in [6.45, 7) is 4.87. The lowest BCUT2D eigenvalue weighted by molar-refractivity contribution is 0.0482. The lowest BCUT2D eigenvalue weighted by Crippen LogP contribution is -2.41. The molecule has 0 unspecified atom stereocenters. The third kappa shape index (κ3) is 2.62. The van der Waals surface area contributed by atoms with Crippen molar-refractivity contribution in [2.75, 3.05) is 0 Å². The molecule has 0 bridgehead atoms. The molecule has 3 aliphatic rings. The average molecular weight is 382 g/mol. The molecule has 2 fully saturated rings. The molecule has 2 aromatic carbocycles. The van der Waals surface area contributed by atoms with Crippen molar-refractivity contribution in [2.24, 2.45) is 17.3 Å². The molecule has 1 nitrogen and oxygen atoms in total. The Hall–Kier alpha value is -2.15. The van der Waals surface area contributed by atoms with Crippen molar-refractivity contribution < 1.29 is 0 Å². The number of pyridine rings is 1. The van der Waals surface area contributed by atoms with Crippen LogP contribution in [0.3, 0.4) is 0 Å². The smallest absolute Gasteiger partial charge is 0.0346 e. The van der Waals surface area contributed by atoms with Gasteiger partial charge in [-0.1, -0.05) is 42.8 Å². The van der Waals surface area contributed by atoms with E-state index in [0.29, 0.717) is 11.3 Å². The van der Waals surface area contributed by atoms with Gasteiger partial charge in [0.15, 0.2) is 0 Å². The summed E-state index contributed by atoms with van der Waals surface area (Å²) in [6, 6.07) is 16.6. The first-order chi connectivity index (χ1) is 14.1. The number of fused-ring (bicyclic) bond motifs is 6. The van der Waals surface area contributed by atoms with Crippen molar-refractivity contribution in [2.45, 2.75) is 64.2 Å². The Morgan fingerprint density at radius 3 is 2.79 bits per heavy atom. The predicted octanol–water partition coefficient (Wildman–Crippen LogP) is 7.18. The van der Waals surface area contributed by atoms with E-state index in [9.17, 15) is 0 Å². The highest BCUT2D eigenvalue weighted by atomic mass is 14.6. The Morgan fingerprint density at radius 1 is 0.931 bits per heavy atom. The second kappa shape index (κ2) is 6.42. The highest BCUT2D eigenvalue weighted by Crippen LogP contribution is 2.65. The lowest BCUT2D eigenvalue weighted by atomic mass is 9.53. The van der Waals surface area contributed by atoms with Crippen LogP contribution in [0.1, 0.15) is 73.1 Å². The van der Waals surface area contributed by atoms with Crippen LogP contribution < -0.4 is 0 Å². The Labute approximate surface area is 174 Å². The van der Waals surface area contributed by atoms with E-state index >= 15 is 0 Å². The number of benzene rings is 2. The second-order valence-electron chi connectivity index (χ2n) is 10.3. The largest absolute Gasteiger partial charge is 0.264 e. The van der Waals surface area contributed by atoms with Crippen LogP contribution in [-0.4, -0.2) is 4.98 Å². The van der Waals surface area contributed by atoms with Crippen LogP contribution >= 0.6 is 0 Å². The summed E-state index contributed by atoms with van der Waals surface area (Å²) < 4.78 is 0. The minimum Gasteiger partial charge on any atom is -0.264 e. The SMILES string of the molecule is Cc1ccc2c(c1)CC[C@@H]1[C@@H]2CC[C@]2(C)[C@@H](c3ccc4ccncc4c3)CC[C@@H]12. The zero-order chi connectivity index (χ0) is 19.6. The highest BCUT2D eigenvalue weighted by molar-refractivity contribution is 5.82. The molecular weight excluding hydrogens is 350 g/mol. The van der Waals surface area contributed by atoms with Crippen molar-refractivity contribution >= 4 is 10.8 Å². The van der Waals surface area contributed by atoms with Crippen LogP contribution in [0, 0.1) is 24.2 Å². The molecule has 0 radical (unpaired) electrons. The summed E-state index contributed by atoms with van der Waals surface area (Å²) in [4.78, 5) is 4.36. The molecule has 1 aromatic heterocycles. The molecular formula is C28H31N. The molecule has 0 spiro atoms. The third-order valence-electron chi connectivity index (χ3n) is 8.95. The van der Waals surface area contributed by atoms with Gasteiger partial charge in [-0.2, -0.15) is 0 Å². The van der Waals surface area contributed by atoms with E-state index in [2.05, 4.69) is 61.3 Å². The molecule has 5 atom stereocenters. The summed E-state index contributed by atoms with van der Waals surface area (Å²) in [5.41, 5.74) is 6.77. The zero-order valence-electron chi connectivity index (χ0n) is 17.7. The topological polar surface area (TPSA) is 12.9 Å². The molecule has 29 heavy (non-hydrogen) atoms. The van der Waals surface area contributed by atoms with Crippen LogP contribution in [0.25, 0.3) is 10.8 Å². The fourth-order valence-corrected chi connectivity index (χ4v) is 7.58. The maximum atomic E-state index is 4.36. The maximum Gasteiger partial charge on any atom is 0.0346 e. The van der Waals surface area contributed by atoms with E-state index in [1.165, 1.54) is 54.9 Å². The monoisotopic (exact) mass is 381 g/mol. The van der Waals surface area contributed by atoms with Gasteiger partial charge in [0.05, 0.1) is 0 Å². The van der Waals surface area contributed by atoms with Gasteiger partial charge >= 0.3 is 0 Å². The number of hydrogen-bond acceptors (Lipinski definition) is 1. The van der Waals surface area contributed by atoms with Crippen LogP contribution in [-0.2, 0) is 6.42 Å². The number of aryl methyl sites for hydroxylation is 2. The second-order valence-corrected chi connectivity index (χ2v) is 10.3. The van der Waals surface area contributed by atoms with Crippen LogP contribution in [0.15, 0.2) is 54.9 Å². The van der Waals surface area contributed by atoms with Crippen molar-refractivity contribution in [3.05, 3.63) is 77.1 Å². The van der Waals surface area contributed by atoms with E-state index in [-0.39, 0.29) is 0 Å². The minimum atomic E-state index is 0.458. The molecule has 6 rings (SSSR count). The zero-order valence-corrected chi connectivity index (χ0v) is 17.7. The highest BCUT2D eigenvalue weighted by Gasteiger charge is 2.54. The van der Waals surface area contributed by atoms with Gasteiger partial charge in [0.2, 0.25) is 0 Å². The first-order valence-electron chi connectivity index (χ1n) is 11.6. The van der Waals surface area contributed by atoms with E-state index < -0.39 is 0 Å². The number of hydrogen-bond donors (Lipinski definition) is 0. The first-order valence-corrected chi connectivity index (χ1v) is 11.6. The van der Waals surface area contributed by atoms with E-state index in [0.717, 1.165) is 17.8 Å². The summed E-state index contributed by atoms with van der Waals surface area (Å²) in [5.74, 6) is 3.27. The Balaban J connectivity index is 1.34. The van der Waals surface area contributed by atoms with Gasteiger partial charge in [0.1, 0.15) is 0 Å². The van der Waals surface area contributed by atoms with E-state index in [1.54, 1.807) is 16.7 Å². The molecule has 0 N–H and O–H groups in total. The average Bonchev–Trinajstić information content (AvgIpc) is 3.10. The third-order valence-corrected chi connectivity index (χ3v) is 8.95. The molecule has 1 heteroatoms. The normalized spacial score (nSPS) is 33.2. The summed E-state index contributed by atoms with van der Waals surface area (Å²) in [6.07, 6.45) is 12.1. The van der Waals surface area contributed by atoms with E-state index in [4.69, 9.17) is 0 Å². The molecule has 0 saturated heterocycles. The Morgan fingerprint density at radius 2 is 1.86 bits per heavy atom. The number of nitrogens with zero attached hydrogens (tertiary/aromatic N) is 1. The number of rotatable bonds is 1. The van der Waals surface area contributed by atoms with Crippen LogP contribution in [0.2, 0.25) is 0 Å². The van der Waals surface area contributed by atoms with Crippen LogP contribution in [0.4, 0.5) is 0 Å². The number of aromatic nitrogens is 1. The molecule has 0 aliphatic heterocycles. The van der Waals surface area contributed by atoms with Crippen molar-refractivity contribution in [3.63, 3.8) is 0 Å². The lowest BCUT2D eigenvalue weighted by Gasteiger charge is -2.51. The predicted molar refractivity (Wildman–Crippen MR) is 120 cm³/mol. The van der Waals surface area contributed by atoms with Crippen molar-refractivity contribution in [1.82, 2.24) is 4.98 Å². The molecule has 1 heterocycles. The van der Waals surface area contributed by atoms with Crippen molar-refractivity contribution in [1.29, 1.82) is 0 Å². The summed E-state index contributed by atoms with van der Waals surface area (Å²) in [5, 5.41) is 2.61. The molecule has 3 aliphatic carbocycles. The fraction of sp³-hybridized carbons (Fsp3) is 0.464. The summed E-state index contributed by atoms with van der Waals surface area (Å²) in [7, 11) is 0. The minimum absolute atomic E-state index is 0.458. The maximum absolute atomic E-state index is 4.36. The summed E-state index contributed by atoms with van der Waals surface area (Å²) >= 11 is 0. The molecule has 3 aromatic rings. The Kier molecular flexibility index (Phi) is 3.92. The van der Waals surface area contributed by atoms with E-state index in [1.807, 2.05) is 12.4 Å². The van der Waals surface area contributed by atoms with Gasteiger partial charge in [-0.3, -0.25) is 4.98 Å². The standard InChI is InChI=1S/C28H31N/c1-18-3-7-23-20(15-18)6-8-25-24(23)11-13-28(2)26(9-10-27(25)28)21-5-4-19-12-14-29-17-22(19)16-21/h3-5,7,12,14-17,24-27H,6,8-11,13H2,1-2H3/t24-,25-,26-,27+,28-/m1/s1. The van der Waals surface area contributed by atoms with Gasteiger partial charge in [0, 0.05) is 17.8 Å². The fourth-order valence-electron chi connectivity index (χ4n) is 7.58. The van der Waals surface area contributed by atoms with Crippen LogP contribution in [0.5, 0.6) is 0 Å². The Bertz CT molecular complexity index is 1080.